The molecule has 0 amide bonds. The monoisotopic (exact) mass is 540 g/mol. The Balaban J connectivity index is 0.00000420. The molecule has 2 N–H and O–H groups in total. The van der Waals surface area contributed by atoms with E-state index in [1.54, 1.807) is 31.4 Å². The molecule has 6 nitrogen and oxygen atoms in total. The lowest BCUT2D eigenvalue weighted by atomic mass is 10.1. The Labute approximate surface area is 191 Å². The molecule has 0 saturated heterocycles. The highest BCUT2D eigenvalue weighted by Gasteiger charge is 2.11. The highest BCUT2D eigenvalue weighted by Crippen LogP contribution is 2.29. The van der Waals surface area contributed by atoms with Crippen molar-refractivity contribution in [2.75, 3.05) is 27.2 Å². The van der Waals surface area contributed by atoms with Crippen LogP contribution >= 0.6 is 35.6 Å². The quantitative estimate of drug-likeness (QED) is 0.219. The van der Waals surface area contributed by atoms with Crippen LogP contribution in [0, 0.1) is 0 Å². The summed E-state index contributed by atoms with van der Waals surface area (Å²) in [5.41, 5.74) is 1.91. The number of hydrogen-bond acceptors (Lipinski definition) is 4. The van der Waals surface area contributed by atoms with Crippen molar-refractivity contribution in [3.63, 3.8) is 0 Å². The lowest BCUT2D eigenvalue weighted by Gasteiger charge is -2.13. The van der Waals surface area contributed by atoms with Crippen LogP contribution in [0.5, 0.6) is 11.5 Å². The van der Waals surface area contributed by atoms with Crippen LogP contribution in [-0.2, 0) is 12.8 Å². The van der Waals surface area contributed by atoms with Crippen molar-refractivity contribution in [2.45, 2.75) is 19.5 Å². The number of methoxy groups -OCH3 is 1. The number of aliphatic imine (C=N–C) groups is 1. The van der Waals surface area contributed by atoms with E-state index in [2.05, 4.69) is 25.3 Å². The third-order valence-electron chi connectivity index (χ3n) is 3.87. The number of hydrogen-bond donors (Lipinski definition) is 2. The molecule has 0 radical (unpaired) electrons. The second kappa shape index (κ2) is 13.4. The minimum absolute atomic E-state index is 0. The molecule has 0 fully saturated rings. The smallest absolute Gasteiger partial charge is 0.387 e. The topological polar surface area (TPSA) is 67.8 Å². The number of rotatable bonds is 9. The van der Waals surface area contributed by atoms with Crippen LogP contribution in [0.15, 0.2) is 41.5 Å². The summed E-state index contributed by atoms with van der Waals surface area (Å²) in [6.07, 6.45) is 3.12. The highest BCUT2D eigenvalue weighted by molar-refractivity contribution is 14.0. The number of guanidine groups is 1. The number of pyridine rings is 1. The molecule has 10 heteroatoms. The largest absolute Gasteiger partial charge is 0.493 e. The predicted molar refractivity (Wildman–Crippen MR) is 121 cm³/mol. The maximum atomic E-state index is 12.5. The summed E-state index contributed by atoms with van der Waals surface area (Å²) in [7, 11) is 3.09. The fraction of sp³-hybridized carbons (Fsp3) is 0.368. The van der Waals surface area contributed by atoms with E-state index in [1.165, 1.54) is 7.11 Å². The standard InChI is InChI=1S/C19H23ClF2N4O2.HI/c1-23-19(25-10-8-14-4-6-17(20)26-12-14)24-9-7-13-3-5-15(27-2)16(11-13)28-18(21)22;/h3-6,11-12,18H,7-10H2,1-2H3,(H2,23,24,25);1H. The Morgan fingerprint density at radius 3 is 2.31 bits per heavy atom. The number of halogens is 4. The maximum Gasteiger partial charge on any atom is 0.387 e. The molecule has 0 spiro atoms. The molecular weight excluding hydrogens is 517 g/mol. The minimum Gasteiger partial charge on any atom is -0.493 e. The molecule has 160 valence electrons. The Kier molecular flexibility index (Phi) is 11.6. The van der Waals surface area contributed by atoms with Gasteiger partial charge < -0.3 is 20.1 Å². The van der Waals surface area contributed by atoms with E-state index < -0.39 is 6.61 Å². The summed E-state index contributed by atoms with van der Waals surface area (Å²) >= 11 is 5.77. The zero-order chi connectivity index (χ0) is 20.4. The van der Waals surface area contributed by atoms with E-state index in [0.717, 1.165) is 17.5 Å². The average Bonchev–Trinajstić information content (AvgIpc) is 2.68. The van der Waals surface area contributed by atoms with E-state index in [9.17, 15) is 8.78 Å². The Bertz CT molecular complexity index is 779. The van der Waals surface area contributed by atoms with Crippen LogP contribution in [-0.4, -0.2) is 44.8 Å². The number of aromatic nitrogens is 1. The van der Waals surface area contributed by atoms with Crippen LogP contribution in [0.25, 0.3) is 0 Å². The van der Waals surface area contributed by atoms with Gasteiger partial charge in [0.2, 0.25) is 0 Å². The van der Waals surface area contributed by atoms with Gasteiger partial charge in [-0.2, -0.15) is 8.78 Å². The Morgan fingerprint density at radius 2 is 1.76 bits per heavy atom. The zero-order valence-corrected chi connectivity index (χ0v) is 19.2. The molecule has 29 heavy (non-hydrogen) atoms. The molecule has 0 atom stereocenters. The maximum absolute atomic E-state index is 12.5. The summed E-state index contributed by atoms with van der Waals surface area (Å²) < 4.78 is 34.6. The van der Waals surface area contributed by atoms with Crippen molar-refractivity contribution in [3.05, 3.63) is 52.8 Å². The third-order valence-corrected chi connectivity index (χ3v) is 4.09. The first-order valence-electron chi connectivity index (χ1n) is 8.68. The SMILES string of the molecule is CN=C(NCCc1ccc(Cl)nc1)NCCc1ccc(OC)c(OC(F)F)c1.I. The Morgan fingerprint density at radius 1 is 1.10 bits per heavy atom. The summed E-state index contributed by atoms with van der Waals surface area (Å²) in [5, 5.41) is 6.86. The van der Waals surface area contributed by atoms with Crippen molar-refractivity contribution >= 4 is 41.5 Å². The van der Waals surface area contributed by atoms with Crippen LogP contribution in [0.2, 0.25) is 5.15 Å². The molecule has 0 aliphatic rings. The third kappa shape index (κ3) is 8.99. The fourth-order valence-corrected chi connectivity index (χ4v) is 2.60. The zero-order valence-electron chi connectivity index (χ0n) is 16.1. The molecule has 1 aromatic carbocycles. The number of benzene rings is 1. The van der Waals surface area contributed by atoms with Gasteiger partial charge in [0.1, 0.15) is 5.15 Å². The molecule has 2 rings (SSSR count). The van der Waals surface area contributed by atoms with Crippen molar-refractivity contribution in [3.8, 4) is 11.5 Å². The molecule has 0 bridgehead atoms. The molecule has 0 aliphatic heterocycles. The van der Waals surface area contributed by atoms with Crippen molar-refractivity contribution in [2.24, 2.45) is 4.99 Å². The van der Waals surface area contributed by atoms with Gasteiger partial charge in [0.15, 0.2) is 17.5 Å². The first-order valence-corrected chi connectivity index (χ1v) is 9.06. The van der Waals surface area contributed by atoms with E-state index >= 15 is 0 Å². The summed E-state index contributed by atoms with van der Waals surface area (Å²) in [5.74, 6) is 0.944. The predicted octanol–water partition coefficient (Wildman–Crippen LogP) is 3.91. The number of ether oxygens (including phenoxy) is 2. The van der Waals surface area contributed by atoms with Crippen molar-refractivity contribution in [1.82, 2.24) is 15.6 Å². The normalized spacial score (nSPS) is 11.0. The van der Waals surface area contributed by atoms with Crippen LogP contribution < -0.4 is 20.1 Å². The van der Waals surface area contributed by atoms with Gasteiger partial charge in [0.05, 0.1) is 7.11 Å². The fourth-order valence-electron chi connectivity index (χ4n) is 2.49. The molecule has 1 heterocycles. The minimum atomic E-state index is -2.90. The van der Waals surface area contributed by atoms with Gasteiger partial charge in [-0.3, -0.25) is 4.99 Å². The molecule has 1 aromatic heterocycles. The van der Waals surface area contributed by atoms with Gasteiger partial charge in [-0.05, 0) is 42.2 Å². The lowest BCUT2D eigenvalue weighted by molar-refractivity contribution is -0.0512. The first kappa shape index (κ1) is 25.2. The second-order valence-corrected chi connectivity index (χ2v) is 6.17. The van der Waals surface area contributed by atoms with E-state index in [0.29, 0.717) is 30.6 Å². The summed E-state index contributed by atoms with van der Waals surface area (Å²) in [6, 6.07) is 8.65. The number of alkyl halides is 2. The first-order chi connectivity index (χ1) is 13.5. The highest BCUT2D eigenvalue weighted by atomic mass is 127. The van der Waals surface area contributed by atoms with Crippen LogP contribution in [0.1, 0.15) is 11.1 Å². The van der Waals surface area contributed by atoms with Crippen molar-refractivity contribution in [1.29, 1.82) is 0 Å². The van der Waals surface area contributed by atoms with E-state index in [4.69, 9.17) is 16.3 Å². The molecule has 0 saturated carbocycles. The van der Waals surface area contributed by atoms with Gasteiger partial charge >= 0.3 is 6.61 Å². The average molecular weight is 541 g/mol. The van der Waals surface area contributed by atoms with Crippen molar-refractivity contribution < 1.29 is 18.3 Å². The van der Waals surface area contributed by atoms with Gasteiger partial charge in [-0.25, -0.2) is 4.98 Å². The molecular formula is C19H24ClF2IN4O2. The Hall–Kier alpha value is -1.88. The van der Waals surface area contributed by atoms with E-state index in [-0.39, 0.29) is 35.5 Å². The van der Waals surface area contributed by atoms with Crippen LogP contribution in [0.3, 0.4) is 0 Å². The molecule has 0 aliphatic carbocycles. The number of nitrogens with zero attached hydrogens (tertiary/aromatic N) is 2. The van der Waals surface area contributed by atoms with E-state index in [1.807, 2.05) is 12.1 Å². The summed E-state index contributed by atoms with van der Waals surface area (Å²) in [6.45, 7) is -1.65. The van der Waals surface area contributed by atoms with Gasteiger partial charge in [-0.15, -0.1) is 24.0 Å². The van der Waals surface area contributed by atoms with Gasteiger partial charge in [0, 0.05) is 26.3 Å². The van der Waals surface area contributed by atoms with Gasteiger partial charge in [-0.1, -0.05) is 23.7 Å². The number of nitrogens with one attached hydrogen (secondary N) is 2. The second-order valence-electron chi connectivity index (χ2n) is 5.78. The van der Waals surface area contributed by atoms with Crippen LogP contribution in [0.4, 0.5) is 8.78 Å². The van der Waals surface area contributed by atoms with Gasteiger partial charge in [0.25, 0.3) is 0 Å². The lowest BCUT2D eigenvalue weighted by Crippen LogP contribution is -2.39. The molecule has 0 unspecified atom stereocenters. The summed E-state index contributed by atoms with van der Waals surface area (Å²) in [4.78, 5) is 8.21. The molecule has 2 aromatic rings.